The lowest BCUT2D eigenvalue weighted by atomic mass is 9.97. The van der Waals surface area contributed by atoms with Crippen molar-refractivity contribution in [1.29, 1.82) is 0 Å². The number of hydrogen-bond acceptors (Lipinski definition) is 3. The van der Waals surface area contributed by atoms with Crippen molar-refractivity contribution < 1.29 is 13.2 Å². The van der Waals surface area contributed by atoms with Crippen LogP contribution in [0.1, 0.15) is 31.2 Å². The maximum absolute atomic E-state index is 11.6. The first-order chi connectivity index (χ1) is 8.99. The molecule has 1 saturated carbocycles. The highest BCUT2D eigenvalue weighted by Crippen LogP contribution is 2.28. The molecule has 0 heterocycles. The van der Waals surface area contributed by atoms with Gasteiger partial charge in [-0.25, -0.2) is 8.42 Å². The Balaban J connectivity index is 2.02. The van der Waals surface area contributed by atoms with Crippen molar-refractivity contribution >= 4 is 25.8 Å². The highest BCUT2D eigenvalue weighted by molar-refractivity contribution is 9.08. The van der Waals surface area contributed by atoms with Crippen LogP contribution < -0.4 is 4.74 Å². The molecule has 106 valence electrons. The molecule has 1 aromatic carbocycles. The molecule has 0 saturated heterocycles. The van der Waals surface area contributed by atoms with Gasteiger partial charge >= 0.3 is 0 Å². The average Bonchev–Trinajstić information content (AvgIpc) is 2.38. The fourth-order valence-corrected chi connectivity index (χ4v) is 4.00. The number of halogens is 1. The second-order valence-electron chi connectivity index (χ2n) is 5.14. The quantitative estimate of drug-likeness (QED) is 0.785. The van der Waals surface area contributed by atoms with Crippen LogP contribution >= 0.6 is 15.9 Å². The molecule has 0 bridgehead atoms. The topological polar surface area (TPSA) is 43.4 Å². The summed E-state index contributed by atoms with van der Waals surface area (Å²) >= 11 is 3.42. The van der Waals surface area contributed by atoms with Crippen molar-refractivity contribution in [3.8, 4) is 5.75 Å². The number of rotatable bonds is 4. The van der Waals surface area contributed by atoms with Crippen molar-refractivity contribution in [3.63, 3.8) is 0 Å². The molecule has 0 aliphatic heterocycles. The minimum atomic E-state index is -2.95. The van der Waals surface area contributed by atoms with E-state index < -0.39 is 9.84 Å². The molecule has 1 aliphatic carbocycles. The number of benzene rings is 1. The van der Waals surface area contributed by atoms with E-state index in [1.54, 1.807) is 0 Å². The van der Waals surface area contributed by atoms with Gasteiger partial charge in [0, 0.05) is 18.0 Å². The SMILES string of the molecule is CS(=O)(=O)C1CCCC(Oc2cccc(CBr)c2)C1. The Morgan fingerprint density at radius 3 is 2.84 bits per heavy atom. The molecule has 2 unspecified atom stereocenters. The Kier molecular flexibility index (Phi) is 4.90. The molecule has 1 aliphatic rings. The summed E-state index contributed by atoms with van der Waals surface area (Å²) in [5.41, 5.74) is 1.16. The van der Waals surface area contributed by atoms with Gasteiger partial charge in [0.2, 0.25) is 0 Å². The monoisotopic (exact) mass is 346 g/mol. The van der Waals surface area contributed by atoms with Crippen molar-refractivity contribution in [1.82, 2.24) is 0 Å². The summed E-state index contributed by atoms with van der Waals surface area (Å²) in [5.74, 6) is 0.830. The molecule has 0 amide bonds. The number of hydrogen-bond donors (Lipinski definition) is 0. The molecule has 1 aromatic rings. The zero-order valence-corrected chi connectivity index (χ0v) is 13.4. The third kappa shape index (κ3) is 4.21. The summed E-state index contributed by atoms with van der Waals surface area (Å²) in [4.78, 5) is 0. The Morgan fingerprint density at radius 1 is 1.37 bits per heavy atom. The Hall–Kier alpha value is -0.550. The minimum absolute atomic E-state index is 0.0130. The molecule has 0 aromatic heterocycles. The van der Waals surface area contributed by atoms with Crippen LogP contribution in [0.2, 0.25) is 0 Å². The fourth-order valence-electron chi connectivity index (χ4n) is 2.49. The van der Waals surface area contributed by atoms with E-state index in [0.717, 1.165) is 35.9 Å². The molecule has 3 nitrogen and oxygen atoms in total. The second kappa shape index (κ2) is 6.27. The van der Waals surface area contributed by atoms with Gasteiger partial charge in [0.15, 0.2) is 0 Å². The smallest absolute Gasteiger partial charge is 0.150 e. The first-order valence-corrected chi connectivity index (χ1v) is 9.57. The molecule has 0 radical (unpaired) electrons. The van der Waals surface area contributed by atoms with Gasteiger partial charge in [-0.2, -0.15) is 0 Å². The van der Waals surface area contributed by atoms with Crippen LogP contribution in [0.4, 0.5) is 0 Å². The molecule has 0 spiro atoms. The first kappa shape index (κ1) is 14.9. The summed E-state index contributed by atoms with van der Waals surface area (Å²) in [6.07, 6.45) is 4.56. The van der Waals surface area contributed by atoms with Crippen LogP contribution in [-0.4, -0.2) is 26.0 Å². The van der Waals surface area contributed by atoms with E-state index >= 15 is 0 Å². The van der Waals surface area contributed by atoms with Crippen molar-refractivity contribution in [3.05, 3.63) is 29.8 Å². The van der Waals surface area contributed by atoms with Crippen molar-refractivity contribution in [2.24, 2.45) is 0 Å². The Morgan fingerprint density at radius 2 is 2.16 bits per heavy atom. The van der Waals surface area contributed by atoms with E-state index in [9.17, 15) is 8.42 Å². The number of sulfone groups is 1. The average molecular weight is 347 g/mol. The normalized spacial score (nSPS) is 24.1. The van der Waals surface area contributed by atoms with Gasteiger partial charge in [-0.3, -0.25) is 0 Å². The largest absolute Gasteiger partial charge is 0.490 e. The Bertz CT molecular complexity index is 527. The number of alkyl halides is 1. The lowest BCUT2D eigenvalue weighted by molar-refractivity contribution is 0.156. The van der Waals surface area contributed by atoms with Crippen LogP contribution in [-0.2, 0) is 15.2 Å². The van der Waals surface area contributed by atoms with E-state index in [0.29, 0.717) is 6.42 Å². The van der Waals surface area contributed by atoms with E-state index in [4.69, 9.17) is 4.74 Å². The van der Waals surface area contributed by atoms with Crippen molar-refractivity contribution in [2.75, 3.05) is 6.26 Å². The maximum Gasteiger partial charge on any atom is 0.150 e. The van der Waals surface area contributed by atoms with E-state index in [2.05, 4.69) is 15.9 Å². The lowest BCUT2D eigenvalue weighted by Gasteiger charge is -2.28. The highest BCUT2D eigenvalue weighted by Gasteiger charge is 2.29. The van der Waals surface area contributed by atoms with E-state index in [-0.39, 0.29) is 11.4 Å². The van der Waals surface area contributed by atoms with Gasteiger partial charge in [0.05, 0.1) is 11.4 Å². The second-order valence-corrected chi connectivity index (χ2v) is 8.03. The third-order valence-electron chi connectivity index (χ3n) is 3.54. The predicted molar refractivity (Wildman–Crippen MR) is 80.6 cm³/mol. The van der Waals surface area contributed by atoms with Crippen LogP contribution in [0.15, 0.2) is 24.3 Å². The molecular weight excluding hydrogens is 328 g/mol. The molecule has 19 heavy (non-hydrogen) atoms. The van der Waals surface area contributed by atoms with Gasteiger partial charge < -0.3 is 4.74 Å². The van der Waals surface area contributed by atoms with Gasteiger partial charge in [-0.15, -0.1) is 0 Å². The Labute approximate surface area is 123 Å². The zero-order chi connectivity index (χ0) is 13.9. The third-order valence-corrected chi connectivity index (χ3v) is 5.83. The summed E-state index contributed by atoms with van der Waals surface area (Å²) in [5, 5.41) is 0.548. The van der Waals surface area contributed by atoms with Gasteiger partial charge in [-0.05, 0) is 37.0 Å². The zero-order valence-electron chi connectivity index (χ0n) is 11.0. The molecule has 1 fully saturated rings. The van der Waals surface area contributed by atoms with Gasteiger partial charge in [-0.1, -0.05) is 28.1 Å². The van der Waals surface area contributed by atoms with Crippen LogP contribution in [0, 0.1) is 0 Å². The highest BCUT2D eigenvalue weighted by atomic mass is 79.9. The summed E-state index contributed by atoms with van der Waals surface area (Å²) in [7, 11) is -2.95. The molecule has 2 rings (SSSR count). The molecule has 2 atom stereocenters. The minimum Gasteiger partial charge on any atom is -0.490 e. The van der Waals surface area contributed by atoms with E-state index in [1.807, 2.05) is 24.3 Å². The molecular formula is C14H19BrO3S. The fraction of sp³-hybridized carbons (Fsp3) is 0.571. The lowest BCUT2D eigenvalue weighted by Crippen LogP contribution is -2.33. The summed E-state index contributed by atoms with van der Waals surface area (Å²) < 4.78 is 29.2. The maximum atomic E-state index is 11.6. The molecule has 0 N–H and O–H groups in total. The summed E-state index contributed by atoms with van der Waals surface area (Å²) in [6.45, 7) is 0. The summed E-state index contributed by atoms with van der Waals surface area (Å²) in [6, 6.07) is 7.92. The first-order valence-electron chi connectivity index (χ1n) is 6.49. The number of ether oxygens (including phenoxy) is 1. The van der Waals surface area contributed by atoms with Crippen LogP contribution in [0.3, 0.4) is 0 Å². The van der Waals surface area contributed by atoms with Gasteiger partial charge in [0.25, 0.3) is 0 Å². The standard InChI is InChI=1S/C14H19BrO3S/c1-19(16,17)14-7-3-6-13(9-14)18-12-5-2-4-11(8-12)10-15/h2,4-5,8,13-14H,3,6-7,9-10H2,1H3. The van der Waals surface area contributed by atoms with Crippen molar-refractivity contribution in [2.45, 2.75) is 42.4 Å². The van der Waals surface area contributed by atoms with Crippen LogP contribution in [0.5, 0.6) is 5.75 Å². The van der Waals surface area contributed by atoms with Crippen LogP contribution in [0.25, 0.3) is 0 Å². The predicted octanol–water partition coefficient (Wildman–Crippen LogP) is 3.32. The van der Waals surface area contributed by atoms with Gasteiger partial charge in [0.1, 0.15) is 15.6 Å². The van der Waals surface area contributed by atoms with E-state index in [1.165, 1.54) is 6.26 Å². The molecule has 5 heteroatoms.